The normalized spacial score (nSPS) is 11.9. The maximum atomic E-state index is 10.8. The van der Waals surface area contributed by atoms with Gasteiger partial charge in [0.1, 0.15) is 11.8 Å². The second kappa shape index (κ2) is 6.21. The van der Waals surface area contributed by atoms with Crippen molar-refractivity contribution in [2.75, 3.05) is 7.11 Å². The highest BCUT2D eigenvalue weighted by Gasteiger charge is 2.14. The zero-order valence-electron chi connectivity index (χ0n) is 11.2. The molecular weight excluding hydrogens is 254 g/mol. The van der Waals surface area contributed by atoms with Gasteiger partial charge in [0.05, 0.1) is 7.11 Å². The van der Waals surface area contributed by atoms with Gasteiger partial charge < -0.3 is 15.6 Å². The summed E-state index contributed by atoms with van der Waals surface area (Å²) < 4.78 is 5.39. The lowest BCUT2D eigenvalue weighted by atomic mass is 9.99. The highest BCUT2D eigenvalue weighted by atomic mass is 16.5. The van der Waals surface area contributed by atoms with Crippen LogP contribution in [0.5, 0.6) is 5.75 Å². The quantitative estimate of drug-likeness (QED) is 0.875. The smallest absolute Gasteiger partial charge is 0.320 e. The zero-order chi connectivity index (χ0) is 14.5. The van der Waals surface area contributed by atoms with Gasteiger partial charge in [0.25, 0.3) is 0 Å². The van der Waals surface area contributed by atoms with Crippen LogP contribution in [0.4, 0.5) is 0 Å². The number of nitrogens with two attached hydrogens (primary N) is 1. The molecule has 0 amide bonds. The summed E-state index contributed by atoms with van der Waals surface area (Å²) in [5, 5.41) is 8.85. The fraction of sp³-hybridized carbons (Fsp3) is 0.188. The molecule has 2 aromatic rings. The summed E-state index contributed by atoms with van der Waals surface area (Å²) in [6, 6.07) is 14.6. The van der Waals surface area contributed by atoms with Crippen LogP contribution in [0.15, 0.2) is 48.5 Å². The lowest BCUT2D eigenvalue weighted by Crippen LogP contribution is -2.32. The standard InChI is InChI=1S/C16H17NO3/c1-20-15-10-11(9-14(17)16(18)19)7-8-13(15)12-5-3-2-4-6-12/h2-8,10,14H,9,17H2,1H3,(H,18,19). The van der Waals surface area contributed by atoms with E-state index in [1.54, 1.807) is 7.11 Å². The highest BCUT2D eigenvalue weighted by Crippen LogP contribution is 2.30. The first-order chi connectivity index (χ1) is 9.61. The third kappa shape index (κ3) is 3.16. The number of carbonyl (C=O) groups is 1. The van der Waals surface area contributed by atoms with Gasteiger partial charge in [-0.2, -0.15) is 0 Å². The van der Waals surface area contributed by atoms with Crippen molar-refractivity contribution in [1.29, 1.82) is 0 Å². The minimum absolute atomic E-state index is 0.279. The zero-order valence-corrected chi connectivity index (χ0v) is 11.2. The van der Waals surface area contributed by atoms with E-state index >= 15 is 0 Å². The largest absolute Gasteiger partial charge is 0.496 e. The van der Waals surface area contributed by atoms with Crippen LogP contribution in [0, 0.1) is 0 Å². The van der Waals surface area contributed by atoms with Crippen LogP contribution in [-0.2, 0) is 11.2 Å². The SMILES string of the molecule is COc1cc(CC(N)C(=O)O)ccc1-c1ccccc1. The summed E-state index contributed by atoms with van der Waals surface area (Å²) in [7, 11) is 1.60. The van der Waals surface area contributed by atoms with Gasteiger partial charge in [0.2, 0.25) is 0 Å². The first kappa shape index (κ1) is 14.1. The molecule has 0 fully saturated rings. The minimum atomic E-state index is -1.00. The van der Waals surface area contributed by atoms with Crippen molar-refractivity contribution >= 4 is 5.97 Å². The Balaban J connectivity index is 2.31. The molecule has 4 nitrogen and oxygen atoms in total. The van der Waals surface area contributed by atoms with Crippen molar-refractivity contribution in [3.63, 3.8) is 0 Å². The van der Waals surface area contributed by atoms with Crippen LogP contribution in [0.25, 0.3) is 11.1 Å². The van der Waals surface area contributed by atoms with E-state index in [4.69, 9.17) is 15.6 Å². The van der Waals surface area contributed by atoms with Crippen LogP contribution in [0.2, 0.25) is 0 Å². The molecule has 104 valence electrons. The molecule has 0 aliphatic heterocycles. The summed E-state index contributed by atoms with van der Waals surface area (Å²) >= 11 is 0. The summed E-state index contributed by atoms with van der Waals surface area (Å²) in [4.78, 5) is 10.8. The molecule has 0 spiro atoms. The van der Waals surface area contributed by atoms with Crippen molar-refractivity contribution in [2.24, 2.45) is 5.73 Å². The third-order valence-electron chi connectivity index (χ3n) is 3.12. The summed E-state index contributed by atoms with van der Waals surface area (Å²) in [6.45, 7) is 0. The molecule has 2 rings (SSSR count). The molecule has 1 atom stereocenters. The summed E-state index contributed by atoms with van der Waals surface area (Å²) in [5.74, 6) is -0.289. The lowest BCUT2D eigenvalue weighted by molar-refractivity contribution is -0.138. The van der Waals surface area contributed by atoms with E-state index < -0.39 is 12.0 Å². The van der Waals surface area contributed by atoms with E-state index in [9.17, 15) is 4.79 Å². The van der Waals surface area contributed by atoms with Crippen molar-refractivity contribution in [1.82, 2.24) is 0 Å². The van der Waals surface area contributed by atoms with Gasteiger partial charge in [0.15, 0.2) is 0 Å². The summed E-state index contributed by atoms with van der Waals surface area (Å²) in [6.07, 6.45) is 0.279. The third-order valence-corrected chi connectivity index (χ3v) is 3.12. The van der Waals surface area contributed by atoms with Crippen LogP contribution in [0.3, 0.4) is 0 Å². The molecule has 0 heterocycles. The molecule has 4 heteroatoms. The van der Waals surface area contributed by atoms with Crippen molar-refractivity contribution in [2.45, 2.75) is 12.5 Å². The molecule has 0 aliphatic carbocycles. The van der Waals surface area contributed by atoms with Crippen molar-refractivity contribution < 1.29 is 14.6 Å². The molecule has 0 aliphatic rings. The van der Waals surface area contributed by atoms with Gasteiger partial charge >= 0.3 is 5.97 Å². The Morgan fingerprint density at radius 2 is 1.95 bits per heavy atom. The van der Waals surface area contributed by atoms with E-state index in [1.807, 2.05) is 48.5 Å². The van der Waals surface area contributed by atoms with Crippen LogP contribution < -0.4 is 10.5 Å². The number of hydrogen-bond donors (Lipinski definition) is 2. The summed E-state index contributed by atoms with van der Waals surface area (Å²) in [5.41, 5.74) is 8.42. The number of benzene rings is 2. The molecule has 1 unspecified atom stereocenters. The molecule has 0 aromatic heterocycles. The monoisotopic (exact) mass is 271 g/mol. The highest BCUT2D eigenvalue weighted by molar-refractivity contribution is 5.74. The van der Waals surface area contributed by atoms with Crippen molar-refractivity contribution in [3.05, 3.63) is 54.1 Å². The van der Waals surface area contributed by atoms with Gasteiger partial charge in [-0.1, -0.05) is 42.5 Å². The van der Waals surface area contributed by atoms with Crippen LogP contribution in [-0.4, -0.2) is 24.2 Å². The molecule has 0 saturated carbocycles. The second-order valence-electron chi connectivity index (χ2n) is 4.55. The van der Waals surface area contributed by atoms with E-state index in [0.717, 1.165) is 16.7 Å². The average molecular weight is 271 g/mol. The number of methoxy groups -OCH3 is 1. The Hall–Kier alpha value is -2.33. The molecular formula is C16H17NO3. The van der Waals surface area contributed by atoms with Crippen LogP contribution >= 0.6 is 0 Å². The number of carboxylic acid groups (broad SMARTS) is 1. The number of aliphatic carboxylic acids is 1. The number of hydrogen-bond acceptors (Lipinski definition) is 3. The van der Waals surface area contributed by atoms with Gasteiger partial charge in [-0.05, 0) is 23.6 Å². The van der Waals surface area contributed by atoms with E-state index in [2.05, 4.69) is 0 Å². The topological polar surface area (TPSA) is 72.5 Å². The number of carboxylic acids is 1. The van der Waals surface area contributed by atoms with Gasteiger partial charge in [-0.15, -0.1) is 0 Å². The molecule has 3 N–H and O–H groups in total. The lowest BCUT2D eigenvalue weighted by Gasteiger charge is -2.12. The fourth-order valence-corrected chi connectivity index (χ4v) is 2.06. The molecule has 20 heavy (non-hydrogen) atoms. The maximum Gasteiger partial charge on any atom is 0.320 e. The second-order valence-corrected chi connectivity index (χ2v) is 4.55. The van der Waals surface area contributed by atoms with Gasteiger partial charge in [0, 0.05) is 5.56 Å². The fourth-order valence-electron chi connectivity index (χ4n) is 2.06. The Morgan fingerprint density at radius 1 is 1.25 bits per heavy atom. The van der Waals surface area contributed by atoms with Crippen LogP contribution in [0.1, 0.15) is 5.56 Å². The Labute approximate surface area is 117 Å². The van der Waals surface area contributed by atoms with E-state index in [0.29, 0.717) is 5.75 Å². The molecule has 2 aromatic carbocycles. The maximum absolute atomic E-state index is 10.8. The number of rotatable bonds is 5. The average Bonchev–Trinajstić information content (AvgIpc) is 2.47. The number of ether oxygens (including phenoxy) is 1. The Kier molecular flexibility index (Phi) is 4.38. The Morgan fingerprint density at radius 3 is 2.55 bits per heavy atom. The molecule has 0 bridgehead atoms. The van der Waals surface area contributed by atoms with Crippen molar-refractivity contribution in [3.8, 4) is 16.9 Å². The molecule has 0 saturated heterocycles. The predicted molar refractivity (Wildman–Crippen MR) is 77.7 cm³/mol. The van der Waals surface area contributed by atoms with E-state index in [1.165, 1.54) is 0 Å². The first-order valence-corrected chi connectivity index (χ1v) is 6.32. The molecule has 0 radical (unpaired) electrons. The first-order valence-electron chi connectivity index (χ1n) is 6.32. The van der Waals surface area contributed by atoms with E-state index in [-0.39, 0.29) is 6.42 Å². The Bertz CT molecular complexity index is 596. The minimum Gasteiger partial charge on any atom is -0.496 e. The van der Waals surface area contributed by atoms with Gasteiger partial charge in [-0.25, -0.2) is 0 Å². The predicted octanol–water partition coefficient (Wildman–Crippen LogP) is 2.32. The van der Waals surface area contributed by atoms with Gasteiger partial charge in [-0.3, -0.25) is 4.79 Å².